The van der Waals surface area contributed by atoms with Gasteiger partial charge in [-0.25, -0.2) is 13.2 Å². The Morgan fingerprint density at radius 1 is 0.558 bits per heavy atom. The summed E-state index contributed by atoms with van der Waals surface area (Å²) >= 11 is 17.8. The molecule has 1 heterocycles. The van der Waals surface area contributed by atoms with Crippen molar-refractivity contribution in [2.75, 3.05) is 47.7 Å². The summed E-state index contributed by atoms with van der Waals surface area (Å²) in [5, 5.41) is 38.6. The van der Waals surface area contributed by atoms with Crippen molar-refractivity contribution in [3.63, 3.8) is 0 Å². The summed E-state index contributed by atoms with van der Waals surface area (Å²) < 4.78 is 45.3. The highest BCUT2D eigenvalue weighted by Crippen LogP contribution is 2.37. The first kappa shape index (κ1) is 68.1. The Bertz CT molecular complexity index is 2540. The van der Waals surface area contributed by atoms with Crippen LogP contribution in [0.4, 0.5) is 30.2 Å². The summed E-state index contributed by atoms with van der Waals surface area (Å²) in [5.41, 5.74) is 5.70. The van der Waals surface area contributed by atoms with Crippen molar-refractivity contribution < 1.29 is 38.3 Å². The molecule has 8 rings (SSSR count). The Morgan fingerprint density at radius 3 is 1.22 bits per heavy atom. The number of nitrogens with zero attached hydrogens (tertiary/aromatic N) is 3. The summed E-state index contributed by atoms with van der Waals surface area (Å²) in [4.78, 5) is 6.15. The highest BCUT2D eigenvalue weighted by atomic mass is 35.5. The van der Waals surface area contributed by atoms with Crippen molar-refractivity contribution in [2.45, 2.75) is 117 Å². The van der Waals surface area contributed by atoms with Crippen molar-refractivity contribution in [1.82, 2.24) is 0 Å². The molecule has 0 bridgehead atoms. The quantitative estimate of drug-likeness (QED) is 0.0394. The number of hydrogen-bond donors (Lipinski definition) is 4. The normalized spacial score (nSPS) is 14.3. The maximum Gasteiger partial charge on any atom is 0.141 e. The molecule has 6 aromatic carbocycles. The maximum absolute atomic E-state index is 13.5. The molecular weight excluding hydrogens is 1040 g/mol. The van der Waals surface area contributed by atoms with Gasteiger partial charge in [-0.2, -0.15) is 0 Å². The third-order valence-corrected chi connectivity index (χ3v) is 13.5. The predicted octanol–water partition coefficient (Wildman–Crippen LogP) is 14.9. The fourth-order valence-corrected chi connectivity index (χ4v) is 8.96. The van der Waals surface area contributed by atoms with Gasteiger partial charge in [0.25, 0.3) is 0 Å². The van der Waals surface area contributed by atoms with Crippen LogP contribution in [0, 0.1) is 23.4 Å². The zero-order valence-electron chi connectivity index (χ0n) is 41.7. The fraction of sp³-hybridized carbons (Fsp3) is 0.387. The fourth-order valence-electron chi connectivity index (χ4n) is 8.43. The third-order valence-electron chi connectivity index (χ3n) is 12.6. The van der Waals surface area contributed by atoms with Crippen LogP contribution in [0.2, 0.25) is 15.1 Å². The van der Waals surface area contributed by atoms with E-state index in [2.05, 4.69) is 23.6 Å². The first-order valence-electron chi connectivity index (χ1n) is 25.1. The van der Waals surface area contributed by atoms with Gasteiger partial charge in [0.05, 0.1) is 53.0 Å². The smallest absolute Gasteiger partial charge is 0.141 e. The molecule has 77 heavy (non-hydrogen) atoms. The van der Waals surface area contributed by atoms with Crippen LogP contribution in [0.25, 0.3) is 0 Å². The monoisotopic (exact) mass is 1120 g/mol. The minimum Gasteiger partial charge on any atom is -0.396 e. The number of rotatable bonds is 22. The van der Waals surface area contributed by atoms with Gasteiger partial charge in [0.2, 0.25) is 0 Å². The van der Waals surface area contributed by atoms with E-state index in [1.165, 1.54) is 31.0 Å². The second-order valence-electron chi connectivity index (χ2n) is 18.3. The lowest BCUT2D eigenvalue weighted by molar-refractivity contribution is 0.168. The molecule has 8 nitrogen and oxygen atoms in total. The van der Waals surface area contributed by atoms with Crippen LogP contribution in [-0.2, 0) is 24.4 Å². The average molecular weight is 1120 g/mol. The Labute approximate surface area is 474 Å². The molecule has 1 saturated heterocycles. The van der Waals surface area contributed by atoms with Gasteiger partial charge in [-0.15, -0.1) is 6.58 Å². The van der Waals surface area contributed by atoms with E-state index < -0.39 is 17.5 Å². The Kier molecular flexibility index (Phi) is 32.7. The molecule has 6 aromatic rings. The van der Waals surface area contributed by atoms with Crippen LogP contribution in [-0.4, -0.2) is 85.4 Å². The average Bonchev–Trinajstić information content (AvgIpc) is 4.12. The Balaban J connectivity index is 0.000000367. The second-order valence-corrected chi connectivity index (χ2v) is 19.5. The second kappa shape index (κ2) is 37.0. The van der Waals surface area contributed by atoms with E-state index in [0.717, 1.165) is 59.6 Å². The lowest BCUT2D eigenvalue weighted by atomic mass is 9.98. The van der Waals surface area contributed by atoms with E-state index in [-0.39, 0.29) is 87.9 Å². The Hall–Kier alpha value is -5.02. The summed E-state index contributed by atoms with van der Waals surface area (Å²) in [5.74, 6) is -0.639. The summed E-state index contributed by atoms with van der Waals surface area (Å²) in [6, 6.07) is 43.5. The zero-order chi connectivity index (χ0) is 53.2. The van der Waals surface area contributed by atoms with Gasteiger partial charge in [-0.05, 0) is 116 Å². The molecule has 0 amide bonds. The maximum atomic E-state index is 13.5. The topological polar surface area (TPSA) is 99.9 Å². The number of aliphatic hydroxyl groups is 4. The number of ether oxygens (including phenoxy) is 1. The van der Waals surface area contributed by atoms with Crippen molar-refractivity contribution in [3.8, 4) is 0 Å². The third kappa shape index (κ3) is 23.1. The molecule has 1 aliphatic carbocycles. The van der Waals surface area contributed by atoms with Gasteiger partial charge in [0, 0.05) is 55.9 Å². The molecule has 1 saturated carbocycles. The summed E-state index contributed by atoms with van der Waals surface area (Å²) in [7, 11) is 5.31. The van der Waals surface area contributed by atoms with E-state index in [4.69, 9.17) is 52.5 Å². The molecule has 4 N–H and O–H groups in total. The lowest BCUT2D eigenvalue weighted by Gasteiger charge is -2.33. The van der Waals surface area contributed by atoms with Gasteiger partial charge in [0.15, 0.2) is 0 Å². The van der Waals surface area contributed by atoms with Crippen LogP contribution in [0.1, 0.15) is 90.3 Å². The molecule has 2 aliphatic rings. The van der Waals surface area contributed by atoms with Gasteiger partial charge >= 0.3 is 0 Å². The summed E-state index contributed by atoms with van der Waals surface area (Å²) in [6.45, 7) is 6.51. The van der Waals surface area contributed by atoms with Crippen LogP contribution in [0.15, 0.2) is 158 Å². The van der Waals surface area contributed by atoms with Gasteiger partial charge in [-0.1, -0.05) is 167 Å². The SMILES string of the molecule is C.C.C.C=CCC(CO)N(Cc1ccccc1)c1ccc(F)c(Cl)c1.OCC(CC1CC1)N(Cc1ccccc1)c1ccc(F)c(Cl)c1.OCCCC(CO)N(Cc1ccccc1)c1ccc(F)c(Cl)c1.[B]C1CCCO1. The van der Waals surface area contributed by atoms with Crippen molar-refractivity contribution in [2.24, 2.45) is 5.92 Å². The number of halogens is 6. The number of hydrogen-bond acceptors (Lipinski definition) is 8. The minimum atomic E-state index is -0.467. The first-order valence-corrected chi connectivity index (χ1v) is 26.2. The minimum absolute atomic E-state index is 0. The van der Waals surface area contributed by atoms with E-state index in [9.17, 15) is 28.5 Å². The van der Waals surface area contributed by atoms with E-state index in [1.54, 1.807) is 42.5 Å². The molecule has 4 unspecified atom stereocenters. The lowest BCUT2D eigenvalue weighted by Crippen LogP contribution is -2.38. The molecule has 0 aromatic heterocycles. The van der Waals surface area contributed by atoms with Crippen molar-refractivity contribution in [3.05, 3.63) is 207 Å². The number of benzene rings is 6. The van der Waals surface area contributed by atoms with E-state index in [1.807, 2.05) is 88.7 Å². The molecule has 4 atom stereocenters. The van der Waals surface area contributed by atoms with Gasteiger partial charge < -0.3 is 39.9 Å². The van der Waals surface area contributed by atoms with E-state index in [0.29, 0.717) is 44.8 Å². The van der Waals surface area contributed by atoms with Crippen LogP contribution >= 0.6 is 34.8 Å². The van der Waals surface area contributed by atoms with E-state index >= 15 is 0 Å². The highest BCUT2D eigenvalue weighted by Gasteiger charge is 2.29. The largest absolute Gasteiger partial charge is 0.396 e. The standard InChI is InChI=1S/C19H21ClFNO.C18H21ClFNO2.C18H19ClFNO.C4H7BO.3CH4/c20-18-11-16(8-9-19(18)21)22(12-15-4-2-1-3-5-15)17(13-23)10-14-6-7-14;19-17-11-15(8-9-18(17)20)21(16(13-23)7-4-10-22)12-14-5-2-1-3-6-14;1-2-6-16(13-22)21(12-14-7-4-3-5-8-14)15-9-10-18(20)17(19)11-15;5-4-2-1-3-6-4;;;/h1-5,8-9,11,14,17,23H,6-7,10,12-13H2;1-3,5-6,8-9,11,16,22-23H,4,7,10,12-13H2;2-5,7-11,16,22H,1,6,12-13H2;4H,1-3H2;3*1H4. The first-order chi connectivity index (χ1) is 35.9. The number of aliphatic hydroxyl groups excluding tert-OH is 4. The molecule has 418 valence electrons. The highest BCUT2D eigenvalue weighted by molar-refractivity contribution is 6.31. The predicted molar refractivity (Wildman–Crippen MR) is 318 cm³/mol. The Morgan fingerprint density at radius 2 is 0.935 bits per heavy atom. The molecular formula is C62H80BCl3F3N3O5. The summed E-state index contributed by atoms with van der Waals surface area (Å²) in [6.07, 6.45) is 9.22. The van der Waals surface area contributed by atoms with Crippen LogP contribution in [0.5, 0.6) is 0 Å². The molecule has 2 fully saturated rings. The molecule has 2 radical (unpaired) electrons. The van der Waals surface area contributed by atoms with Crippen LogP contribution in [0.3, 0.4) is 0 Å². The molecule has 0 spiro atoms. The van der Waals surface area contributed by atoms with Gasteiger partial charge in [-0.3, -0.25) is 0 Å². The zero-order valence-corrected chi connectivity index (χ0v) is 44.0. The molecule has 15 heteroatoms. The van der Waals surface area contributed by atoms with Crippen molar-refractivity contribution >= 4 is 59.7 Å². The van der Waals surface area contributed by atoms with Crippen LogP contribution < -0.4 is 14.7 Å². The molecule has 1 aliphatic heterocycles. The van der Waals surface area contributed by atoms with Crippen molar-refractivity contribution in [1.29, 1.82) is 0 Å². The van der Waals surface area contributed by atoms with Gasteiger partial charge in [0.1, 0.15) is 25.3 Å². The number of anilines is 3.